The molecule has 1 nitrogen and oxygen atoms in total. The Morgan fingerprint density at radius 1 is 1.56 bits per heavy atom. The Bertz CT molecular complexity index is 69.4. The quantitative estimate of drug-likeness (QED) is 0.591. The van der Waals surface area contributed by atoms with E-state index in [1.807, 2.05) is 6.92 Å². The Hall–Kier alpha value is 0.863. The molecule has 0 aromatic rings. The summed E-state index contributed by atoms with van der Waals surface area (Å²) in [6.07, 6.45) is 0. The third-order valence-electron chi connectivity index (χ3n) is 0.597. The van der Waals surface area contributed by atoms with Gasteiger partial charge >= 0.3 is 0 Å². The first kappa shape index (κ1) is 12.5. The van der Waals surface area contributed by atoms with Crippen molar-refractivity contribution in [2.45, 2.75) is 13.8 Å². The van der Waals surface area contributed by atoms with Gasteiger partial charge in [0.15, 0.2) is 0 Å². The van der Waals surface area contributed by atoms with Crippen LogP contribution in [0.1, 0.15) is 13.8 Å². The molecule has 4 heteroatoms. The van der Waals surface area contributed by atoms with Gasteiger partial charge < -0.3 is 5.32 Å². The van der Waals surface area contributed by atoms with Crippen molar-refractivity contribution in [3.63, 3.8) is 0 Å². The molecule has 0 aromatic carbocycles. The van der Waals surface area contributed by atoms with Crippen LogP contribution in [0.25, 0.3) is 0 Å². The summed E-state index contributed by atoms with van der Waals surface area (Å²) in [5, 5.41) is 3.04. The molecule has 0 aliphatic heterocycles. The van der Waals surface area contributed by atoms with Crippen LogP contribution in [-0.4, -0.2) is 16.6 Å². The van der Waals surface area contributed by atoms with E-state index >= 15 is 0 Å². The van der Waals surface area contributed by atoms with E-state index in [4.69, 9.17) is 12.2 Å². The van der Waals surface area contributed by atoms with Gasteiger partial charge in [0, 0.05) is 26.0 Å². The van der Waals surface area contributed by atoms with E-state index in [2.05, 4.69) is 12.2 Å². The summed E-state index contributed by atoms with van der Waals surface area (Å²) in [6.45, 7) is 5.07. The van der Waals surface area contributed by atoms with Crippen LogP contribution >= 0.6 is 24.0 Å². The summed E-state index contributed by atoms with van der Waals surface area (Å²) in [5.41, 5.74) is 0. The maximum Gasteiger partial charge on any atom is 0.133 e. The summed E-state index contributed by atoms with van der Waals surface area (Å²) in [4.78, 5) is 0. The van der Waals surface area contributed by atoms with E-state index in [0.29, 0.717) is 0 Å². The van der Waals surface area contributed by atoms with E-state index in [9.17, 15) is 0 Å². The molecule has 1 N–H and O–H groups in total. The molecular formula is C5H11NRuS2. The number of hydrogen-bond acceptors (Lipinski definition) is 2. The Labute approximate surface area is 79.1 Å². The largest absolute Gasteiger partial charge is 0.371 e. The molecule has 0 rings (SSSR count). The van der Waals surface area contributed by atoms with Crippen molar-refractivity contribution in [1.29, 1.82) is 0 Å². The van der Waals surface area contributed by atoms with Crippen molar-refractivity contribution in [1.82, 2.24) is 5.32 Å². The zero-order chi connectivity index (χ0) is 6.41. The zero-order valence-electron chi connectivity index (χ0n) is 5.58. The van der Waals surface area contributed by atoms with Gasteiger partial charge in [0.1, 0.15) is 4.32 Å². The number of thioether (sulfide) groups is 1. The Morgan fingerprint density at radius 3 is 2.44 bits per heavy atom. The van der Waals surface area contributed by atoms with Gasteiger partial charge in [0.05, 0.1) is 0 Å². The summed E-state index contributed by atoms with van der Waals surface area (Å²) in [6, 6.07) is 0. The van der Waals surface area contributed by atoms with Crippen molar-refractivity contribution >= 4 is 28.3 Å². The molecule has 0 aliphatic carbocycles. The second-order valence-electron chi connectivity index (χ2n) is 1.25. The van der Waals surface area contributed by atoms with Crippen molar-refractivity contribution in [3.05, 3.63) is 0 Å². The van der Waals surface area contributed by atoms with Gasteiger partial charge in [-0.2, -0.15) is 0 Å². The second-order valence-corrected chi connectivity index (χ2v) is 3.19. The fraction of sp³-hybridized carbons (Fsp3) is 0.800. The fourth-order valence-corrected chi connectivity index (χ4v) is 1.33. The molecule has 56 valence electrons. The number of nitrogens with one attached hydrogen (secondary N) is 1. The van der Waals surface area contributed by atoms with E-state index < -0.39 is 0 Å². The molecule has 0 unspecified atom stereocenters. The molecule has 0 atom stereocenters. The van der Waals surface area contributed by atoms with Gasteiger partial charge in [-0.3, -0.25) is 0 Å². The fourth-order valence-electron chi connectivity index (χ4n) is 0.326. The average molecular weight is 250 g/mol. The minimum Gasteiger partial charge on any atom is -0.371 e. The summed E-state index contributed by atoms with van der Waals surface area (Å²) in [7, 11) is 0. The van der Waals surface area contributed by atoms with Gasteiger partial charge in [-0.25, -0.2) is 0 Å². The van der Waals surface area contributed by atoms with Crippen molar-refractivity contribution in [2.75, 3.05) is 12.3 Å². The SMILES string of the molecule is CCNC(=S)SCC.[Ru]. The number of thiocarbonyl (C=S) groups is 1. The van der Waals surface area contributed by atoms with Crippen LogP contribution in [0.3, 0.4) is 0 Å². The van der Waals surface area contributed by atoms with Gasteiger partial charge in [0.25, 0.3) is 0 Å². The third-order valence-corrected chi connectivity index (χ3v) is 1.79. The van der Waals surface area contributed by atoms with Crippen LogP contribution in [0, 0.1) is 0 Å². The summed E-state index contributed by atoms with van der Waals surface area (Å²) < 4.78 is 0.912. The average Bonchev–Trinajstić information content (AvgIpc) is 1.68. The second kappa shape index (κ2) is 8.86. The van der Waals surface area contributed by atoms with E-state index in [1.54, 1.807) is 11.8 Å². The molecule has 0 fully saturated rings. The minimum absolute atomic E-state index is 0. The van der Waals surface area contributed by atoms with Crippen LogP contribution < -0.4 is 5.32 Å². The van der Waals surface area contributed by atoms with Crippen molar-refractivity contribution in [3.8, 4) is 0 Å². The molecule has 0 radical (unpaired) electrons. The van der Waals surface area contributed by atoms with Crippen LogP contribution in [-0.2, 0) is 19.5 Å². The topological polar surface area (TPSA) is 12.0 Å². The van der Waals surface area contributed by atoms with Gasteiger partial charge in [-0.1, -0.05) is 30.9 Å². The van der Waals surface area contributed by atoms with E-state index in [-0.39, 0.29) is 19.5 Å². The zero-order valence-corrected chi connectivity index (χ0v) is 8.96. The van der Waals surface area contributed by atoms with Gasteiger partial charge in [-0.05, 0) is 12.7 Å². The summed E-state index contributed by atoms with van der Waals surface area (Å²) >= 11 is 6.58. The van der Waals surface area contributed by atoms with Crippen molar-refractivity contribution in [2.24, 2.45) is 0 Å². The standard InChI is InChI=1S/C5H11NS2.Ru/c1-3-6-5(7)8-4-2;/h3-4H2,1-2H3,(H,6,7);. The minimum atomic E-state index is 0. The molecule has 0 saturated heterocycles. The molecule has 0 amide bonds. The number of hydrogen-bond donors (Lipinski definition) is 1. The molecule has 0 aromatic heterocycles. The monoisotopic (exact) mass is 251 g/mol. The Morgan fingerprint density at radius 2 is 2.11 bits per heavy atom. The normalized spacial score (nSPS) is 7.78. The predicted octanol–water partition coefficient (Wildman–Crippen LogP) is 1.63. The molecule has 0 aliphatic rings. The predicted molar refractivity (Wildman–Crippen MR) is 44.4 cm³/mol. The Balaban J connectivity index is 0. The molecule has 0 spiro atoms. The Kier molecular flexibility index (Phi) is 12.3. The smallest absolute Gasteiger partial charge is 0.133 e. The maximum atomic E-state index is 4.90. The molecule has 9 heavy (non-hydrogen) atoms. The van der Waals surface area contributed by atoms with E-state index in [0.717, 1.165) is 16.6 Å². The molecular weight excluding hydrogens is 239 g/mol. The van der Waals surface area contributed by atoms with Crippen LogP contribution in [0.4, 0.5) is 0 Å². The molecule has 0 heterocycles. The van der Waals surface area contributed by atoms with Crippen LogP contribution in [0.5, 0.6) is 0 Å². The van der Waals surface area contributed by atoms with Gasteiger partial charge in [0.2, 0.25) is 0 Å². The van der Waals surface area contributed by atoms with E-state index in [1.165, 1.54) is 0 Å². The molecule has 0 bridgehead atoms. The first-order chi connectivity index (χ1) is 3.81. The summed E-state index contributed by atoms with van der Waals surface area (Å²) in [5.74, 6) is 1.06. The van der Waals surface area contributed by atoms with Gasteiger partial charge in [-0.15, -0.1) is 0 Å². The molecule has 0 saturated carbocycles. The first-order valence-corrected chi connectivity index (χ1v) is 4.11. The third kappa shape index (κ3) is 8.86. The maximum absolute atomic E-state index is 4.90. The number of rotatable bonds is 2. The van der Waals surface area contributed by atoms with Crippen LogP contribution in [0.15, 0.2) is 0 Å². The van der Waals surface area contributed by atoms with Crippen LogP contribution in [0.2, 0.25) is 0 Å². The first-order valence-electron chi connectivity index (χ1n) is 2.71. The van der Waals surface area contributed by atoms with Crippen molar-refractivity contribution < 1.29 is 19.5 Å².